The largest absolute Gasteiger partial charge is 0.488 e. The maximum absolute atomic E-state index is 13.7. The van der Waals surface area contributed by atoms with Crippen molar-refractivity contribution >= 4 is 0 Å². The van der Waals surface area contributed by atoms with Crippen molar-refractivity contribution in [2.45, 2.75) is 39.5 Å². The second-order valence-electron chi connectivity index (χ2n) is 4.66. The lowest BCUT2D eigenvalue weighted by Crippen LogP contribution is -2.22. The average Bonchev–Trinajstić information content (AvgIpc) is 2.34. The standard InChI is InChI=1S/C14H22FNO2/c1-10(2)16-8-12-5-6-14(13(15)7-12)18-9-11(3)17-4/h5-7,10-11,16H,8-9H2,1-4H3. The molecule has 0 aliphatic heterocycles. The zero-order valence-electron chi connectivity index (χ0n) is 11.5. The number of halogens is 1. The topological polar surface area (TPSA) is 30.5 Å². The lowest BCUT2D eigenvalue weighted by atomic mass is 10.2. The summed E-state index contributed by atoms with van der Waals surface area (Å²) in [5, 5.41) is 3.24. The minimum Gasteiger partial charge on any atom is -0.488 e. The Morgan fingerprint density at radius 1 is 1.28 bits per heavy atom. The predicted molar refractivity (Wildman–Crippen MR) is 70.3 cm³/mol. The fraction of sp³-hybridized carbons (Fsp3) is 0.571. The van der Waals surface area contributed by atoms with Crippen molar-refractivity contribution in [2.24, 2.45) is 0 Å². The molecule has 1 rings (SSSR count). The lowest BCUT2D eigenvalue weighted by Gasteiger charge is -2.13. The summed E-state index contributed by atoms with van der Waals surface area (Å²) in [5.41, 5.74) is 0.910. The summed E-state index contributed by atoms with van der Waals surface area (Å²) in [7, 11) is 1.60. The van der Waals surface area contributed by atoms with E-state index in [0.29, 0.717) is 19.2 Å². The van der Waals surface area contributed by atoms with E-state index in [1.165, 1.54) is 6.07 Å². The molecular weight excluding hydrogens is 233 g/mol. The van der Waals surface area contributed by atoms with Gasteiger partial charge in [0.1, 0.15) is 6.61 Å². The quantitative estimate of drug-likeness (QED) is 0.812. The van der Waals surface area contributed by atoms with E-state index < -0.39 is 0 Å². The van der Waals surface area contributed by atoms with Gasteiger partial charge in [0.2, 0.25) is 0 Å². The molecule has 0 aliphatic rings. The average molecular weight is 255 g/mol. The minimum atomic E-state index is -0.332. The molecule has 1 aromatic rings. The third-order valence-corrected chi connectivity index (χ3v) is 2.59. The van der Waals surface area contributed by atoms with Crippen LogP contribution < -0.4 is 10.1 Å². The third-order valence-electron chi connectivity index (χ3n) is 2.59. The SMILES string of the molecule is COC(C)COc1ccc(CNC(C)C)cc1F. The first-order chi connectivity index (χ1) is 8.52. The molecule has 0 aromatic heterocycles. The first kappa shape index (κ1) is 14.9. The van der Waals surface area contributed by atoms with Gasteiger partial charge in [0, 0.05) is 19.7 Å². The molecule has 0 bridgehead atoms. The zero-order chi connectivity index (χ0) is 13.5. The van der Waals surface area contributed by atoms with E-state index in [0.717, 1.165) is 5.56 Å². The maximum Gasteiger partial charge on any atom is 0.165 e. The summed E-state index contributed by atoms with van der Waals surface area (Å²) in [5.74, 6) is -0.0615. The Labute approximate surface area is 108 Å². The smallest absolute Gasteiger partial charge is 0.165 e. The van der Waals surface area contributed by atoms with Gasteiger partial charge in [-0.15, -0.1) is 0 Å². The summed E-state index contributed by atoms with van der Waals surface area (Å²) in [6.45, 7) is 6.99. The molecule has 1 aromatic carbocycles. The fourth-order valence-electron chi connectivity index (χ4n) is 1.37. The van der Waals surface area contributed by atoms with Crippen LogP contribution in [-0.2, 0) is 11.3 Å². The Bertz CT molecular complexity index is 369. The van der Waals surface area contributed by atoms with Gasteiger partial charge in [0.25, 0.3) is 0 Å². The van der Waals surface area contributed by atoms with E-state index in [2.05, 4.69) is 19.2 Å². The van der Waals surface area contributed by atoms with Crippen molar-refractivity contribution in [3.8, 4) is 5.75 Å². The molecule has 0 fully saturated rings. The molecule has 1 atom stereocenters. The summed E-state index contributed by atoms with van der Waals surface area (Å²) < 4.78 is 24.1. The number of ether oxygens (including phenoxy) is 2. The second kappa shape index (κ2) is 7.34. The molecule has 0 saturated heterocycles. The lowest BCUT2D eigenvalue weighted by molar-refractivity contribution is 0.0702. The Morgan fingerprint density at radius 3 is 2.56 bits per heavy atom. The van der Waals surface area contributed by atoms with E-state index in [-0.39, 0.29) is 17.7 Å². The molecule has 1 unspecified atom stereocenters. The highest BCUT2D eigenvalue weighted by Gasteiger charge is 2.07. The van der Waals surface area contributed by atoms with Gasteiger partial charge in [-0.1, -0.05) is 19.9 Å². The Hall–Kier alpha value is -1.13. The molecule has 1 N–H and O–H groups in total. The van der Waals surface area contributed by atoms with Gasteiger partial charge in [-0.05, 0) is 24.6 Å². The van der Waals surface area contributed by atoms with E-state index in [1.807, 2.05) is 13.0 Å². The number of nitrogens with one attached hydrogen (secondary N) is 1. The van der Waals surface area contributed by atoms with E-state index in [4.69, 9.17) is 9.47 Å². The highest BCUT2D eigenvalue weighted by molar-refractivity contribution is 5.29. The third kappa shape index (κ3) is 5.02. The van der Waals surface area contributed by atoms with E-state index in [9.17, 15) is 4.39 Å². The Kier molecular flexibility index (Phi) is 6.09. The number of rotatable bonds is 7. The fourth-order valence-corrected chi connectivity index (χ4v) is 1.37. The van der Waals surface area contributed by atoms with Crippen molar-refractivity contribution in [2.75, 3.05) is 13.7 Å². The highest BCUT2D eigenvalue weighted by Crippen LogP contribution is 2.18. The summed E-state index contributed by atoms with van der Waals surface area (Å²) in [6, 6.07) is 5.41. The van der Waals surface area contributed by atoms with Crippen molar-refractivity contribution in [1.29, 1.82) is 0 Å². The monoisotopic (exact) mass is 255 g/mol. The Morgan fingerprint density at radius 2 is 2.00 bits per heavy atom. The molecule has 0 amide bonds. The van der Waals surface area contributed by atoms with Crippen LogP contribution in [0.15, 0.2) is 18.2 Å². The first-order valence-corrected chi connectivity index (χ1v) is 6.20. The van der Waals surface area contributed by atoms with Crippen molar-refractivity contribution < 1.29 is 13.9 Å². The summed E-state index contributed by atoms with van der Waals surface area (Å²) in [6.07, 6.45) is -0.0494. The van der Waals surface area contributed by atoms with Gasteiger partial charge >= 0.3 is 0 Å². The first-order valence-electron chi connectivity index (χ1n) is 6.20. The van der Waals surface area contributed by atoms with Crippen LogP contribution in [-0.4, -0.2) is 25.9 Å². The molecule has 0 spiro atoms. The van der Waals surface area contributed by atoms with Gasteiger partial charge in [0.05, 0.1) is 6.10 Å². The molecule has 18 heavy (non-hydrogen) atoms. The van der Waals surface area contributed by atoms with Crippen molar-refractivity contribution in [3.63, 3.8) is 0 Å². The zero-order valence-corrected chi connectivity index (χ0v) is 11.5. The molecule has 3 nitrogen and oxygen atoms in total. The predicted octanol–water partition coefficient (Wildman–Crippen LogP) is 2.74. The van der Waals surface area contributed by atoms with Crippen LogP contribution in [0.5, 0.6) is 5.75 Å². The summed E-state index contributed by atoms with van der Waals surface area (Å²) >= 11 is 0. The normalized spacial score (nSPS) is 12.8. The highest BCUT2D eigenvalue weighted by atomic mass is 19.1. The minimum absolute atomic E-state index is 0.0494. The number of hydrogen-bond acceptors (Lipinski definition) is 3. The van der Waals surface area contributed by atoms with Crippen LogP contribution in [0.25, 0.3) is 0 Å². The molecule has 0 aliphatic carbocycles. The number of hydrogen-bond donors (Lipinski definition) is 1. The van der Waals surface area contributed by atoms with Crippen LogP contribution in [0.1, 0.15) is 26.3 Å². The van der Waals surface area contributed by atoms with Crippen LogP contribution in [0, 0.1) is 5.82 Å². The molecule has 102 valence electrons. The van der Waals surface area contributed by atoms with Gasteiger partial charge in [-0.2, -0.15) is 0 Å². The molecule has 0 heterocycles. The molecule has 4 heteroatoms. The van der Waals surface area contributed by atoms with Crippen molar-refractivity contribution in [1.82, 2.24) is 5.32 Å². The van der Waals surface area contributed by atoms with Gasteiger partial charge in [0.15, 0.2) is 11.6 Å². The summed E-state index contributed by atoms with van der Waals surface area (Å²) in [4.78, 5) is 0. The van der Waals surface area contributed by atoms with Crippen molar-refractivity contribution in [3.05, 3.63) is 29.6 Å². The number of benzene rings is 1. The van der Waals surface area contributed by atoms with Crippen LogP contribution in [0.2, 0.25) is 0 Å². The maximum atomic E-state index is 13.7. The van der Waals surface area contributed by atoms with Crippen LogP contribution in [0.4, 0.5) is 4.39 Å². The molecular formula is C14H22FNO2. The second-order valence-corrected chi connectivity index (χ2v) is 4.66. The van der Waals surface area contributed by atoms with Gasteiger partial charge in [-0.3, -0.25) is 0 Å². The van der Waals surface area contributed by atoms with E-state index >= 15 is 0 Å². The van der Waals surface area contributed by atoms with E-state index in [1.54, 1.807) is 13.2 Å². The van der Waals surface area contributed by atoms with Crippen LogP contribution >= 0.6 is 0 Å². The number of methoxy groups -OCH3 is 1. The molecule has 0 radical (unpaired) electrons. The molecule has 0 saturated carbocycles. The van der Waals surface area contributed by atoms with Gasteiger partial charge < -0.3 is 14.8 Å². The Balaban J connectivity index is 2.56. The van der Waals surface area contributed by atoms with Crippen LogP contribution in [0.3, 0.4) is 0 Å². The van der Waals surface area contributed by atoms with Gasteiger partial charge in [-0.25, -0.2) is 4.39 Å².